The van der Waals surface area contributed by atoms with Gasteiger partial charge < -0.3 is 4.90 Å². The Morgan fingerprint density at radius 3 is 2.53 bits per heavy atom. The molecule has 106 valence electrons. The number of amides is 1. The highest BCUT2D eigenvalue weighted by Gasteiger charge is 2.22. The fourth-order valence-corrected chi connectivity index (χ4v) is 2.29. The monoisotopic (exact) mass is 325 g/mol. The van der Waals surface area contributed by atoms with Gasteiger partial charge >= 0.3 is 0 Å². The Labute approximate surface area is 125 Å². The van der Waals surface area contributed by atoms with Gasteiger partial charge in [0, 0.05) is 23.1 Å². The fraction of sp³-hybridized carbons (Fsp3) is 0.562. The standard InChI is InChI=1S/C16H24BrNO/c1-5-6-10-18(15(19)12-16(2,3)4)14-9-7-8-13(17)11-14/h7-9,11H,5-6,10,12H2,1-4H3. The molecule has 0 aliphatic rings. The molecule has 0 atom stereocenters. The van der Waals surface area contributed by atoms with Crippen LogP contribution in [-0.2, 0) is 4.79 Å². The summed E-state index contributed by atoms with van der Waals surface area (Å²) < 4.78 is 1.01. The lowest BCUT2D eigenvalue weighted by atomic mass is 9.91. The fourth-order valence-electron chi connectivity index (χ4n) is 1.91. The van der Waals surface area contributed by atoms with Gasteiger partial charge in [0.05, 0.1) is 0 Å². The maximum Gasteiger partial charge on any atom is 0.227 e. The van der Waals surface area contributed by atoms with Crippen LogP contribution >= 0.6 is 15.9 Å². The van der Waals surface area contributed by atoms with E-state index in [0.717, 1.165) is 29.5 Å². The van der Waals surface area contributed by atoms with E-state index in [0.29, 0.717) is 6.42 Å². The van der Waals surface area contributed by atoms with Gasteiger partial charge in [-0.05, 0) is 30.0 Å². The predicted octanol–water partition coefficient (Wildman–Crippen LogP) is 5.02. The van der Waals surface area contributed by atoms with Crippen LogP contribution in [0.5, 0.6) is 0 Å². The summed E-state index contributed by atoms with van der Waals surface area (Å²) in [4.78, 5) is 14.4. The van der Waals surface area contributed by atoms with Gasteiger partial charge in [-0.15, -0.1) is 0 Å². The van der Waals surface area contributed by atoms with Gasteiger partial charge in [0.1, 0.15) is 0 Å². The summed E-state index contributed by atoms with van der Waals surface area (Å²) in [5, 5.41) is 0. The summed E-state index contributed by atoms with van der Waals surface area (Å²) in [6, 6.07) is 7.97. The zero-order valence-electron chi connectivity index (χ0n) is 12.4. The van der Waals surface area contributed by atoms with Crippen LogP contribution in [-0.4, -0.2) is 12.5 Å². The summed E-state index contributed by atoms with van der Waals surface area (Å²) in [6.45, 7) is 9.24. The number of carbonyl (C=O) groups excluding carboxylic acids is 1. The average Bonchev–Trinajstić information content (AvgIpc) is 2.27. The van der Waals surface area contributed by atoms with Gasteiger partial charge in [0.2, 0.25) is 5.91 Å². The Morgan fingerprint density at radius 1 is 1.32 bits per heavy atom. The Bertz CT molecular complexity index is 423. The number of carbonyl (C=O) groups is 1. The quantitative estimate of drug-likeness (QED) is 0.744. The lowest BCUT2D eigenvalue weighted by Gasteiger charge is -2.27. The molecule has 0 aromatic heterocycles. The summed E-state index contributed by atoms with van der Waals surface area (Å²) >= 11 is 3.47. The van der Waals surface area contributed by atoms with E-state index in [1.165, 1.54) is 0 Å². The summed E-state index contributed by atoms with van der Waals surface area (Å²) in [6.07, 6.45) is 2.69. The van der Waals surface area contributed by atoms with Crippen LogP contribution in [0.1, 0.15) is 47.0 Å². The molecular weight excluding hydrogens is 302 g/mol. The third-order valence-corrected chi connectivity index (χ3v) is 3.33. The van der Waals surface area contributed by atoms with Crippen LogP contribution in [0.4, 0.5) is 5.69 Å². The molecule has 1 amide bonds. The Balaban J connectivity index is 2.91. The third-order valence-electron chi connectivity index (χ3n) is 2.84. The number of benzene rings is 1. The zero-order valence-corrected chi connectivity index (χ0v) is 14.0. The lowest BCUT2D eigenvalue weighted by molar-refractivity contribution is -0.120. The van der Waals surface area contributed by atoms with Crippen LogP contribution in [0.2, 0.25) is 0 Å². The second-order valence-corrected chi connectivity index (χ2v) is 7.03. The minimum absolute atomic E-state index is 0.0214. The van der Waals surface area contributed by atoms with E-state index in [9.17, 15) is 4.79 Å². The molecule has 1 rings (SSSR count). The number of hydrogen-bond acceptors (Lipinski definition) is 1. The van der Waals surface area contributed by atoms with Crippen LogP contribution < -0.4 is 4.90 Å². The predicted molar refractivity (Wildman–Crippen MR) is 85.5 cm³/mol. The largest absolute Gasteiger partial charge is 0.312 e. The van der Waals surface area contributed by atoms with Crippen molar-refractivity contribution in [2.24, 2.45) is 5.41 Å². The van der Waals surface area contributed by atoms with Crippen molar-refractivity contribution in [2.75, 3.05) is 11.4 Å². The molecule has 0 aliphatic carbocycles. The topological polar surface area (TPSA) is 20.3 Å². The highest BCUT2D eigenvalue weighted by atomic mass is 79.9. The van der Waals surface area contributed by atoms with Gasteiger partial charge in [0.25, 0.3) is 0 Å². The van der Waals surface area contributed by atoms with Crippen LogP contribution in [0.3, 0.4) is 0 Å². The molecule has 2 nitrogen and oxygen atoms in total. The summed E-state index contributed by atoms with van der Waals surface area (Å²) in [5.41, 5.74) is 1.00. The highest BCUT2D eigenvalue weighted by Crippen LogP contribution is 2.25. The van der Waals surface area contributed by atoms with Crippen LogP contribution in [0.15, 0.2) is 28.7 Å². The molecule has 3 heteroatoms. The number of hydrogen-bond donors (Lipinski definition) is 0. The zero-order chi connectivity index (χ0) is 14.5. The van der Waals surface area contributed by atoms with Crippen molar-refractivity contribution < 1.29 is 4.79 Å². The molecule has 0 heterocycles. The molecule has 0 radical (unpaired) electrons. The van der Waals surface area contributed by atoms with Crippen molar-refractivity contribution in [3.05, 3.63) is 28.7 Å². The molecule has 0 bridgehead atoms. The highest BCUT2D eigenvalue weighted by molar-refractivity contribution is 9.10. The molecular formula is C16H24BrNO. The first-order valence-electron chi connectivity index (χ1n) is 6.89. The van der Waals surface area contributed by atoms with E-state index in [1.54, 1.807) is 0 Å². The molecule has 0 spiro atoms. The molecule has 0 aliphatic heterocycles. The van der Waals surface area contributed by atoms with Gasteiger partial charge in [-0.3, -0.25) is 4.79 Å². The maximum absolute atomic E-state index is 12.5. The summed E-state index contributed by atoms with van der Waals surface area (Å²) in [5.74, 6) is 0.207. The molecule has 0 saturated heterocycles. The van der Waals surface area contributed by atoms with E-state index in [4.69, 9.17) is 0 Å². The smallest absolute Gasteiger partial charge is 0.227 e. The van der Waals surface area contributed by atoms with E-state index in [-0.39, 0.29) is 11.3 Å². The minimum Gasteiger partial charge on any atom is -0.312 e. The SMILES string of the molecule is CCCCN(C(=O)CC(C)(C)C)c1cccc(Br)c1. The molecule has 1 aromatic carbocycles. The number of nitrogens with zero attached hydrogens (tertiary/aromatic N) is 1. The summed E-state index contributed by atoms with van der Waals surface area (Å²) in [7, 11) is 0. The Kier molecular flexibility index (Phi) is 6.05. The number of anilines is 1. The Hall–Kier alpha value is -0.830. The number of halogens is 1. The lowest BCUT2D eigenvalue weighted by Crippen LogP contribution is -2.34. The number of rotatable bonds is 5. The second-order valence-electron chi connectivity index (χ2n) is 6.12. The van der Waals surface area contributed by atoms with E-state index in [1.807, 2.05) is 29.2 Å². The average molecular weight is 326 g/mol. The van der Waals surface area contributed by atoms with E-state index < -0.39 is 0 Å². The third kappa shape index (κ3) is 5.77. The molecule has 0 unspecified atom stereocenters. The second kappa shape index (κ2) is 7.09. The first-order valence-corrected chi connectivity index (χ1v) is 7.69. The maximum atomic E-state index is 12.5. The van der Waals surface area contributed by atoms with E-state index >= 15 is 0 Å². The molecule has 1 aromatic rings. The van der Waals surface area contributed by atoms with Crippen molar-refractivity contribution in [1.29, 1.82) is 0 Å². The van der Waals surface area contributed by atoms with Gasteiger partial charge in [-0.25, -0.2) is 0 Å². The van der Waals surface area contributed by atoms with Crippen molar-refractivity contribution in [1.82, 2.24) is 0 Å². The molecule has 19 heavy (non-hydrogen) atoms. The Morgan fingerprint density at radius 2 is 2.00 bits per heavy atom. The first-order chi connectivity index (χ1) is 8.83. The van der Waals surface area contributed by atoms with Gasteiger partial charge in [0.15, 0.2) is 0 Å². The molecule has 0 fully saturated rings. The first kappa shape index (κ1) is 16.2. The minimum atomic E-state index is 0.0214. The van der Waals surface area contributed by atoms with Crippen molar-refractivity contribution in [3.8, 4) is 0 Å². The van der Waals surface area contributed by atoms with Crippen LogP contribution in [0.25, 0.3) is 0 Å². The van der Waals surface area contributed by atoms with E-state index in [2.05, 4.69) is 43.6 Å². The normalized spacial score (nSPS) is 11.4. The molecule has 0 saturated carbocycles. The number of unbranched alkanes of at least 4 members (excludes halogenated alkanes) is 1. The molecule has 0 N–H and O–H groups in total. The van der Waals surface area contributed by atoms with Crippen molar-refractivity contribution in [3.63, 3.8) is 0 Å². The van der Waals surface area contributed by atoms with Crippen LogP contribution in [0, 0.1) is 5.41 Å². The van der Waals surface area contributed by atoms with Gasteiger partial charge in [-0.2, -0.15) is 0 Å². The van der Waals surface area contributed by atoms with Gasteiger partial charge in [-0.1, -0.05) is 56.1 Å². The van der Waals surface area contributed by atoms with Crippen molar-refractivity contribution in [2.45, 2.75) is 47.0 Å². The van der Waals surface area contributed by atoms with Crippen molar-refractivity contribution >= 4 is 27.5 Å².